The molecule has 2 aliphatic heterocycles. The highest BCUT2D eigenvalue weighted by atomic mass is 16.7. The Labute approximate surface area is 229 Å². The SMILES string of the molecule is NCC[C@H](O)C(=O)N[C@@H]1C[C@H](N)[C@@H](O[C@H]2O[C@H](CN)[C@@H](O)[C@H](O)[C@H]2O)C(=O)[C@H]1O[C@H]1O[C@H](CO)[C@@H](O)[C@H](N)[C@H]1O. The molecular formula is C22H41N5O13. The number of carbonyl (C=O) groups excluding carboxylic acids is 2. The van der Waals surface area contributed by atoms with Gasteiger partial charge in [0.05, 0.1) is 18.7 Å². The highest BCUT2D eigenvalue weighted by Crippen LogP contribution is 2.30. The first kappa shape index (κ1) is 33.0. The van der Waals surface area contributed by atoms with Crippen molar-refractivity contribution in [2.45, 2.75) is 105 Å². The fourth-order valence-corrected chi connectivity index (χ4v) is 4.88. The Balaban J connectivity index is 1.85. The second kappa shape index (κ2) is 14.1. The van der Waals surface area contributed by atoms with E-state index in [2.05, 4.69) is 5.32 Å². The topological polar surface area (TPSA) is 329 Å². The molecule has 2 heterocycles. The van der Waals surface area contributed by atoms with Gasteiger partial charge in [-0.25, -0.2) is 0 Å². The number of ketones is 1. The van der Waals surface area contributed by atoms with Crippen LogP contribution in [0.5, 0.6) is 0 Å². The first-order valence-corrected chi connectivity index (χ1v) is 12.9. The molecule has 18 heteroatoms. The number of hydrogen-bond donors (Lipinski definition) is 12. The van der Waals surface area contributed by atoms with Crippen molar-refractivity contribution in [3.05, 3.63) is 0 Å². The van der Waals surface area contributed by atoms with Crippen molar-refractivity contribution in [2.75, 3.05) is 19.7 Å². The van der Waals surface area contributed by atoms with E-state index in [1.54, 1.807) is 0 Å². The van der Waals surface area contributed by atoms with Gasteiger partial charge in [0, 0.05) is 12.6 Å². The van der Waals surface area contributed by atoms with E-state index in [4.69, 9.17) is 41.9 Å². The van der Waals surface area contributed by atoms with Gasteiger partial charge in [0.2, 0.25) is 5.91 Å². The van der Waals surface area contributed by atoms with Crippen molar-refractivity contribution < 1.29 is 64.3 Å². The number of aliphatic hydroxyl groups is 7. The van der Waals surface area contributed by atoms with E-state index in [0.717, 1.165) is 0 Å². The lowest BCUT2D eigenvalue weighted by atomic mass is 9.84. The van der Waals surface area contributed by atoms with Gasteiger partial charge in [-0.1, -0.05) is 0 Å². The van der Waals surface area contributed by atoms with Crippen LogP contribution in [0, 0.1) is 0 Å². The largest absolute Gasteiger partial charge is 0.394 e. The van der Waals surface area contributed by atoms with Crippen molar-refractivity contribution in [3.8, 4) is 0 Å². The number of ether oxygens (including phenoxy) is 4. The van der Waals surface area contributed by atoms with Crippen LogP contribution in [0.4, 0.5) is 0 Å². The molecule has 18 nitrogen and oxygen atoms in total. The average Bonchev–Trinajstić information content (AvgIpc) is 2.92. The summed E-state index contributed by atoms with van der Waals surface area (Å²) in [4.78, 5) is 26.2. The van der Waals surface area contributed by atoms with Crippen molar-refractivity contribution in [3.63, 3.8) is 0 Å². The molecule has 232 valence electrons. The molecule has 16 N–H and O–H groups in total. The standard InChI is InChI=1S/C22H41N5O13/c23-2-1-8(29)20(36)27-7-3-6(25)18(39-22-16(34)15(33)13(31)9(4-24)37-22)17(35)19(7)40-21-14(32)11(26)12(30)10(5-28)38-21/h6-16,18-19,21-22,28-34H,1-5,23-26H2,(H,27,36)/t6-,7+,8-,9+,10+,11-,12+,13+,14+,15-,16+,18+,19-,21+,22+/m0/s1. The maximum atomic E-state index is 13.7. The lowest BCUT2D eigenvalue weighted by Gasteiger charge is -2.46. The van der Waals surface area contributed by atoms with Crippen molar-refractivity contribution in [1.82, 2.24) is 5.32 Å². The van der Waals surface area contributed by atoms with Crippen LogP contribution in [0.15, 0.2) is 0 Å². The van der Waals surface area contributed by atoms with Crippen molar-refractivity contribution >= 4 is 11.7 Å². The Morgan fingerprint density at radius 1 is 0.925 bits per heavy atom. The first-order chi connectivity index (χ1) is 18.9. The lowest BCUT2D eigenvalue weighted by molar-refractivity contribution is -0.310. The molecule has 0 bridgehead atoms. The Bertz CT molecular complexity index is 856. The number of nitrogens with two attached hydrogens (primary N) is 4. The Morgan fingerprint density at radius 2 is 1.52 bits per heavy atom. The minimum atomic E-state index is -1.80. The zero-order chi connectivity index (χ0) is 29.9. The maximum absolute atomic E-state index is 13.7. The van der Waals surface area contributed by atoms with Gasteiger partial charge in [0.25, 0.3) is 0 Å². The van der Waals surface area contributed by atoms with E-state index < -0.39 is 110 Å². The number of Topliss-reactive ketones (excluding diaryl/α,β-unsaturated/α-hetero) is 1. The van der Waals surface area contributed by atoms with Gasteiger partial charge in [-0.3, -0.25) is 9.59 Å². The molecular weight excluding hydrogens is 542 g/mol. The Morgan fingerprint density at radius 3 is 2.12 bits per heavy atom. The van der Waals surface area contributed by atoms with Gasteiger partial charge in [-0.05, 0) is 19.4 Å². The number of hydrogen-bond acceptors (Lipinski definition) is 17. The fraction of sp³-hybridized carbons (Fsp3) is 0.909. The summed E-state index contributed by atoms with van der Waals surface area (Å²) >= 11 is 0. The minimum absolute atomic E-state index is 0.00747. The molecule has 0 aromatic heterocycles. The van der Waals surface area contributed by atoms with Gasteiger partial charge >= 0.3 is 0 Å². The molecule has 3 rings (SSSR count). The molecule has 3 aliphatic rings. The zero-order valence-electron chi connectivity index (χ0n) is 21.6. The zero-order valence-corrected chi connectivity index (χ0v) is 21.6. The summed E-state index contributed by atoms with van der Waals surface area (Å²) in [6, 6.07) is -3.68. The molecule has 1 aliphatic carbocycles. The summed E-state index contributed by atoms with van der Waals surface area (Å²) in [5.41, 5.74) is 23.0. The van der Waals surface area contributed by atoms with Gasteiger partial charge in [-0.15, -0.1) is 0 Å². The van der Waals surface area contributed by atoms with Crippen LogP contribution in [0.1, 0.15) is 12.8 Å². The minimum Gasteiger partial charge on any atom is -0.394 e. The fourth-order valence-electron chi connectivity index (χ4n) is 4.88. The lowest BCUT2D eigenvalue weighted by Crippen LogP contribution is -2.68. The third-order valence-corrected chi connectivity index (χ3v) is 7.31. The van der Waals surface area contributed by atoms with Gasteiger partial charge < -0.3 is 82.9 Å². The van der Waals surface area contributed by atoms with E-state index in [9.17, 15) is 45.3 Å². The number of aliphatic hydroxyl groups excluding tert-OH is 7. The molecule has 0 aromatic carbocycles. The highest BCUT2D eigenvalue weighted by molar-refractivity contribution is 5.91. The van der Waals surface area contributed by atoms with Crippen LogP contribution in [0.2, 0.25) is 0 Å². The summed E-state index contributed by atoms with van der Waals surface area (Å²) in [6.45, 7) is -0.961. The predicted molar refractivity (Wildman–Crippen MR) is 130 cm³/mol. The summed E-state index contributed by atoms with van der Waals surface area (Å²) in [6.07, 6.45) is -18.9. The highest BCUT2D eigenvalue weighted by Gasteiger charge is 2.52. The number of amides is 1. The van der Waals surface area contributed by atoms with Gasteiger partial charge in [0.1, 0.15) is 61.0 Å². The molecule has 0 aromatic rings. The predicted octanol–water partition coefficient (Wildman–Crippen LogP) is -8.22. The maximum Gasteiger partial charge on any atom is 0.249 e. The third kappa shape index (κ3) is 6.94. The summed E-state index contributed by atoms with van der Waals surface area (Å²) < 4.78 is 22.2. The van der Waals surface area contributed by atoms with Crippen LogP contribution >= 0.6 is 0 Å². The Hall–Kier alpha value is -1.46. The van der Waals surface area contributed by atoms with Crippen LogP contribution in [0.3, 0.4) is 0 Å². The van der Waals surface area contributed by atoms with Crippen LogP contribution in [-0.4, -0.2) is 159 Å². The van der Waals surface area contributed by atoms with Crippen molar-refractivity contribution in [1.29, 1.82) is 0 Å². The van der Waals surface area contributed by atoms with E-state index >= 15 is 0 Å². The third-order valence-electron chi connectivity index (χ3n) is 7.31. The summed E-state index contributed by atoms with van der Waals surface area (Å²) in [5, 5.41) is 73.3. The second-order valence-electron chi connectivity index (χ2n) is 10.2. The monoisotopic (exact) mass is 583 g/mol. The molecule has 2 saturated heterocycles. The van der Waals surface area contributed by atoms with E-state index in [1.165, 1.54) is 0 Å². The molecule has 0 unspecified atom stereocenters. The van der Waals surface area contributed by atoms with Crippen LogP contribution in [0.25, 0.3) is 0 Å². The van der Waals surface area contributed by atoms with Crippen LogP contribution in [-0.2, 0) is 28.5 Å². The molecule has 15 atom stereocenters. The number of carbonyl (C=O) groups is 2. The van der Waals surface area contributed by atoms with E-state index in [1.807, 2.05) is 0 Å². The summed E-state index contributed by atoms with van der Waals surface area (Å²) in [5.74, 6) is -1.79. The number of nitrogens with one attached hydrogen (secondary N) is 1. The summed E-state index contributed by atoms with van der Waals surface area (Å²) in [7, 11) is 0. The average molecular weight is 584 g/mol. The second-order valence-corrected chi connectivity index (χ2v) is 10.2. The molecule has 0 spiro atoms. The molecule has 3 fully saturated rings. The quantitative estimate of drug-likeness (QED) is 0.113. The van der Waals surface area contributed by atoms with Gasteiger partial charge in [-0.2, -0.15) is 0 Å². The van der Waals surface area contributed by atoms with Crippen molar-refractivity contribution in [2.24, 2.45) is 22.9 Å². The van der Waals surface area contributed by atoms with E-state index in [0.29, 0.717) is 0 Å². The van der Waals surface area contributed by atoms with Gasteiger partial charge in [0.15, 0.2) is 18.4 Å². The molecule has 1 saturated carbocycles. The first-order valence-electron chi connectivity index (χ1n) is 12.9. The molecule has 40 heavy (non-hydrogen) atoms. The molecule has 1 amide bonds. The number of rotatable bonds is 10. The van der Waals surface area contributed by atoms with Crippen LogP contribution < -0.4 is 28.3 Å². The van der Waals surface area contributed by atoms with E-state index in [-0.39, 0.29) is 25.9 Å². The smallest absolute Gasteiger partial charge is 0.249 e. The Kier molecular flexibility index (Phi) is 11.7. The normalized spacial score (nSPS) is 45.2. The molecule has 0 radical (unpaired) electrons.